The van der Waals surface area contributed by atoms with Gasteiger partial charge in [0, 0.05) is 12.2 Å². The summed E-state index contributed by atoms with van der Waals surface area (Å²) in [6, 6.07) is -0.347. The van der Waals surface area contributed by atoms with Crippen molar-refractivity contribution in [3.05, 3.63) is 0 Å². The fraction of sp³-hybridized carbons (Fsp3) is 0.800. The van der Waals surface area contributed by atoms with Crippen LogP contribution in [0.2, 0.25) is 0 Å². The van der Waals surface area contributed by atoms with Crippen LogP contribution in [0.5, 0.6) is 0 Å². The summed E-state index contributed by atoms with van der Waals surface area (Å²) >= 11 is 1.39. The molecule has 4 N–H and O–H groups in total. The molecule has 1 heterocycles. The molecule has 1 saturated heterocycles. The standard InChI is InChI=1S/C10H17NO4S/c1-2-3-4-16-11-7-6-15-8(5-12)10(14)9(7)13/h1,7-14H,3-6H2/t7-,8+,9+,10-/m0/s1. The number of rotatable bonds is 5. The normalized spacial score (nSPS) is 34.6. The van der Waals surface area contributed by atoms with Crippen LogP contribution in [-0.2, 0) is 4.74 Å². The van der Waals surface area contributed by atoms with Crippen LogP contribution in [0.3, 0.4) is 0 Å². The summed E-state index contributed by atoms with van der Waals surface area (Å²) in [5.74, 6) is 3.24. The lowest BCUT2D eigenvalue weighted by molar-refractivity contribution is -0.158. The van der Waals surface area contributed by atoms with Crippen molar-refractivity contribution < 1.29 is 20.1 Å². The van der Waals surface area contributed by atoms with E-state index in [2.05, 4.69) is 10.6 Å². The molecule has 1 aliphatic rings. The van der Waals surface area contributed by atoms with Gasteiger partial charge in [-0.3, -0.25) is 4.72 Å². The van der Waals surface area contributed by atoms with Gasteiger partial charge in [-0.15, -0.1) is 12.3 Å². The molecule has 0 aromatic rings. The highest BCUT2D eigenvalue weighted by atomic mass is 32.2. The van der Waals surface area contributed by atoms with Crippen molar-refractivity contribution in [1.82, 2.24) is 4.72 Å². The Labute approximate surface area is 99.3 Å². The lowest BCUT2D eigenvalue weighted by Gasteiger charge is -2.36. The number of hydrogen-bond donors (Lipinski definition) is 4. The fourth-order valence-electron chi connectivity index (χ4n) is 1.42. The molecule has 0 radical (unpaired) electrons. The predicted octanol–water partition coefficient (Wildman–Crippen LogP) is -1.27. The second kappa shape index (κ2) is 7.12. The summed E-state index contributed by atoms with van der Waals surface area (Å²) in [5, 5.41) is 28.2. The summed E-state index contributed by atoms with van der Waals surface area (Å²) in [5.41, 5.74) is 0. The quantitative estimate of drug-likeness (QED) is 0.275. The summed E-state index contributed by atoms with van der Waals surface area (Å²) < 4.78 is 8.19. The van der Waals surface area contributed by atoms with Gasteiger partial charge in [-0.05, 0) is 0 Å². The molecule has 0 aromatic heterocycles. The van der Waals surface area contributed by atoms with Crippen LogP contribution in [0.25, 0.3) is 0 Å². The number of aliphatic hydroxyl groups is 3. The SMILES string of the molecule is C#CCCSN[C@H]1CO[C@H](CO)[C@H](O)[C@@H]1O. The second-order valence-corrected chi connectivity index (χ2v) is 4.50. The lowest BCUT2D eigenvalue weighted by atomic mass is 9.99. The minimum atomic E-state index is -1.07. The Kier molecular flexibility index (Phi) is 6.13. The Hall–Kier alpha value is -0.290. The fourth-order valence-corrected chi connectivity index (χ4v) is 2.18. The van der Waals surface area contributed by atoms with Gasteiger partial charge in [0.25, 0.3) is 0 Å². The number of nitrogens with one attached hydrogen (secondary N) is 1. The third-order valence-electron chi connectivity index (χ3n) is 2.40. The molecule has 0 amide bonds. The van der Waals surface area contributed by atoms with E-state index < -0.39 is 18.3 Å². The topological polar surface area (TPSA) is 82.0 Å². The highest BCUT2D eigenvalue weighted by Crippen LogP contribution is 2.17. The molecule has 0 spiro atoms. The van der Waals surface area contributed by atoms with E-state index in [4.69, 9.17) is 16.3 Å². The Balaban J connectivity index is 2.31. The lowest BCUT2D eigenvalue weighted by Crippen LogP contribution is -2.57. The molecule has 6 heteroatoms. The van der Waals surface area contributed by atoms with Crippen molar-refractivity contribution >= 4 is 11.9 Å². The van der Waals surface area contributed by atoms with Crippen LogP contribution in [0, 0.1) is 12.3 Å². The molecule has 4 atom stereocenters. The van der Waals surface area contributed by atoms with E-state index in [9.17, 15) is 10.2 Å². The average molecular weight is 247 g/mol. The van der Waals surface area contributed by atoms with Gasteiger partial charge in [0.1, 0.15) is 18.3 Å². The van der Waals surface area contributed by atoms with Crippen molar-refractivity contribution in [2.45, 2.75) is 30.8 Å². The maximum absolute atomic E-state index is 9.74. The number of terminal acetylenes is 1. The van der Waals surface area contributed by atoms with Crippen LogP contribution in [0.15, 0.2) is 0 Å². The van der Waals surface area contributed by atoms with E-state index in [1.807, 2.05) is 0 Å². The third kappa shape index (κ3) is 3.63. The molecule has 1 aliphatic heterocycles. The molecule has 92 valence electrons. The Morgan fingerprint density at radius 3 is 2.81 bits per heavy atom. The number of aliphatic hydroxyl groups excluding tert-OH is 3. The molecule has 0 unspecified atom stereocenters. The van der Waals surface area contributed by atoms with Crippen molar-refractivity contribution in [1.29, 1.82) is 0 Å². The van der Waals surface area contributed by atoms with Crippen LogP contribution >= 0.6 is 11.9 Å². The monoisotopic (exact) mass is 247 g/mol. The van der Waals surface area contributed by atoms with Gasteiger partial charge in [-0.2, -0.15) is 0 Å². The van der Waals surface area contributed by atoms with Gasteiger partial charge in [0.2, 0.25) is 0 Å². The molecule has 0 bridgehead atoms. The average Bonchev–Trinajstić information content (AvgIpc) is 2.30. The van der Waals surface area contributed by atoms with Crippen molar-refractivity contribution in [3.63, 3.8) is 0 Å². The van der Waals surface area contributed by atoms with Crippen LogP contribution in [0.1, 0.15) is 6.42 Å². The first-order valence-corrected chi connectivity index (χ1v) is 6.08. The molecule has 0 saturated carbocycles. The Morgan fingerprint density at radius 1 is 1.44 bits per heavy atom. The summed E-state index contributed by atoms with van der Waals surface area (Å²) in [6.07, 6.45) is 3.03. The molecule has 5 nitrogen and oxygen atoms in total. The maximum atomic E-state index is 9.74. The van der Waals surface area contributed by atoms with E-state index >= 15 is 0 Å². The van der Waals surface area contributed by atoms with Gasteiger partial charge >= 0.3 is 0 Å². The molecule has 0 aliphatic carbocycles. The van der Waals surface area contributed by atoms with Gasteiger partial charge in [-0.1, -0.05) is 11.9 Å². The summed E-state index contributed by atoms with van der Waals surface area (Å²) in [7, 11) is 0. The van der Waals surface area contributed by atoms with Gasteiger partial charge in [-0.25, -0.2) is 0 Å². The second-order valence-electron chi connectivity index (χ2n) is 3.56. The smallest absolute Gasteiger partial charge is 0.110 e. The molecular formula is C10H17NO4S. The summed E-state index contributed by atoms with van der Waals surface area (Å²) in [4.78, 5) is 0. The zero-order valence-electron chi connectivity index (χ0n) is 8.87. The van der Waals surface area contributed by atoms with Crippen LogP contribution < -0.4 is 4.72 Å². The zero-order chi connectivity index (χ0) is 12.0. The molecule has 1 fully saturated rings. The van der Waals surface area contributed by atoms with Crippen LogP contribution in [-0.4, -0.2) is 58.6 Å². The van der Waals surface area contributed by atoms with E-state index in [1.54, 1.807) is 0 Å². The maximum Gasteiger partial charge on any atom is 0.110 e. The van der Waals surface area contributed by atoms with Gasteiger partial charge in [0.15, 0.2) is 0 Å². The zero-order valence-corrected chi connectivity index (χ0v) is 9.69. The molecule has 1 rings (SSSR count). The third-order valence-corrected chi connectivity index (χ3v) is 3.27. The largest absolute Gasteiger partial charge is 0.394 e. The van der Waals surface area contributed by atoms with Gasteiger partial charge < -0.3 is 20.1 Å². The minimum absolute atomic E-state index is 0.256. The van der Waals surface area contributed by atoms with E-state index in [-0.39, 0.29) is 19.3 Å². The number of ether oxygens (including phenoxy) is 1. The van der Waals surface area contributed by atoms with Crippen molar-refractivity contribution in [3.8, 4) is 12.3 Å². The van der Waals surface area contributed by atoms with Gasteiger partial charge in [0.05, 0.1) is 19.3 Å². The van der Waals surface area contributed by atoms with E-state index in [1.165, 1.54) is 11.9 Å². The Morgan fingerprint density at radius 2 is 2.19 bits per heavy atom. The Bertz CT molecular complexity index is 245. The first kappa shape index (κ1) is 13.8. The molecular weight excluding hydrogens is 230 g/mol. The van der Waals surface area contributed by atoms with E-state index in [0.717, 1.165) is 5.75 Å². The van der Waals surface area contributed by atoms with Crippen molar-refractivity contribution in [2.75, 3.05) is 19.0 Å². The van der Waals surface area contributed by atoms with E-state index in [0.29, 0.717) is 6.42 Å². The molecule has 16 heavy (non-hydrogen) atoms. The number of hydrogen-bond acceptors (Lipinski definition) is 6. The highest BCUT2D eigenvalue weighted by molar-refractivity contribution is 7.97. The highest BCUT2D eigenvalue weighted by Gasteiger charge is 2.37. The first-order valence-electron chi connectivity index (χ1n) is 5.10. The minimum Gasteiger partial charge on any atom is -0.394 e. The van der Waals surface area contributed by atoms with Crippen LogP contribution in [0.4, 0.5) is 0 Å². The predicted molar refractivity (Wildman–Crippen MR) is 61.7 cm³/mol. The first-order chi connectivity index (χ1) is 7.70. The van der Waals surface area contributed by atoms with Crippen molar-refractivity contribution in [2.24, 2.45) is 0 Å². The molecule has 0 aromatic carbocycles. The summed E-state index contributed by atoms with van der Waals surface area (Å²) in [6.45, 7) is -0.0400.